The lowest BCUT2D eigenvalue weighted by molar-refractivity contribution is 0.0981. The maximum atomic E-state index is 12.3. The van der Waals surface area contributed by atoms with E-state index in [1.54, 1.807) is 22.5 Å². The molecule has 3 heterocycles. The molecule has 39 heavy (non-hydrogen) atoms. The summed E-state index contributed by atoms with van der Waals surface area (Å²) < 4.78 is 1.96. The molecular formula is C33H40N4OS. The van der Waals surface area contributed by atoms with Gasteiger partial charge in [0.05, 0.1) is 11.9 Å². The van der Waals surface area contributed by atoms with E-state index < -0.39 is 0 Å². The van der Waals surface area contributed by atoms with Crippen LogP contribution in [-0.4, -0.2) is 33.0 Å². The molecule has 1 aliphatic heterocycles. The first-order valence-electron chi connectivity index (χ1n) is 14.9. The van der Waals surface area contributed by atoms with E-state index in [-0.39, 0.29) is 5.78 Å². The average molecular weight is 541 g/mol. The molecule has 0 radical (unpaired) electrons. The predicted octanol–water partition coefficient (Wildman–Crippen LogP) is 7.52. The van der Waals surface area contributed by atoms with Gasteiger partial charge in [0.15, 0.2) is 5.78 Å². The molecule has 2 atom stereocenters. The summed E-state index contributed by atoms with van der Waals surface area (Å²) in [5.41, 5.74) is 9.41. The zero-order chi connectivity index (χ0) is 26.9. The fraction of sp³-hybridized carbons (Fsp3) is 0.485. The Labute approximate surface area is 236 Å². The minimum atomic E-state index is 0.254. The summed E-state index contributed by atoms with van der Waals surface area (Å²) in [5.74, 6) is 0.698. The number of benzene rings is 2. The number of piperidine rings is 1. The van der Waals surface area contributed by atoms with E-state index in [4.69, 9.17) is 4.98 Å². The Morgan fingerprint density at radius 1 is 1.10 bits per heavy atom. The number of carbonyl (C=O) groups excluding carboxylic acids is 1. The van der Waals surface area contributed by atoms with Gasteiger partial charge in [-0.2, -0.15) is 5.10 Å². The van der Waals surface area contributed by atoms with Crippen molar-refractivity contribution in [3.63, 3.8) is 0 Å². The first-order valence-corrected chi connectivity index (χ1v) is 15.7. The minimum absolute atomic E-state index is 0.254. The van der Waals surface area contributed by atoms with Gasteiger partial charge in [0.25, 0.3) is 0 Å². The Bertz CT molecular complexity index is 1440. The van der Waals surface area contributed by atoms with Crippen LogP contribution in [0, 0.1) is 6.92 Å². The van der Waals surface area contributed by atoms with Crippen LogP contribution in [0.4, 0.5) is 5.69 Å². The Kier molecular flexibility index (Phi) is 7.57. The average Bonchev–Trinajstić information content (AvgIpc) is 3.65. The van der Waals surface area contributed by atoms with E-state index in [1.807, 2.05) is 23.6 Å². The number of ketones is 1. The highest BCUT2D eigenvalue weighted by Crippen LogP contribution is 2.38. The van der Waals surface area contributed by atoms with E-state index in [0.717, 1.165) is 54.2 Å². The number of fused-ring (bicyclic) bond motifs is 2. The Hall–Kier alpha value is -2.99. The molecule has 0 N–H and O–H groups in total. The number of carbonyl (C=O) groups is 1. The highest BCUT2D eigenvalue weighted by molar-refractivity contribution is 7.16. The molecule has 2 aromatic carbocycles. The zero-order valence-electron chi connectivity index (χ0n) is 23.6. The SMILES string of the molecule is CCCC(=O)c1ccc(N2CCCCC2CCc2cc(CC)cc3c2CC(c2cn4nc(C)sc4n2)C3)cc1. The van der Waals surface area contributed by atoms with Crippen LogP contribution in [0.3, 0.4) is 0 Å². The van der Waals surface area contributed by atoms with Gasteiger partial charge < -0.3 is 4.90 Å². The van der Waals surface area contributed by atoms with Crippen LogP contribution in [0.15, 0.2) is 42.6 Å². The van der Waals surface area contributed by atoms with Crippen LogP contribution in [0.1, 0.15) is 102 Å². The number of rotatable bonds is 9. The minimum Gasteiger partial charge on any atom is -0.369 e. The third kappa shape index (κ3) is 5.41. The number of imidazole rings is 1. The van der Waals surface area contributed by atoms with Crippen molar-refractivity contribution < 1.29 is 4.79 Å². The lowest BCUT2D eigenvalue weighted by atomic mass is 9.91. The second kappa shape index (κ2) is 11.2. The molecule has 1 fully saturated rings. The summed E-state index contributed by atoms with van der Waals surface area (Å²) in [7, 11) is 0. The first-order chi connectivity index (χ1) is 19.0. The van der Waals surface area contributed by atoms with Crippen molar-refractivity contribution in [1.29, 1.82) is 0 Å². The van der Waals surface area contributed by atoms with Crippen molar-refractivity contribution in [2.45, 2.75) is 96.9 Å². The molecule has 1 aliphatic carbocycles. The lowest BCUT2D eigenvalue weighted by Crippen LogP contribution is -2.40. The van der Waals surface area contributed by atoms with Gasteiger partial charge in [-0.25, -0.2) is 9.50 Å². The first kappa shape index (κ1) is 26.2. The number of nitrogens with zero attached hydrogens (tertiary/aromatic N) is 4. The van der Waals surface area contributed by atoms with Crippen LogP contribution in [-0.2, 0) is 25.7 Å². The molecule has 0 bridgehead atoms. The van der Waals surface area contributed by atoms with E-state index in [2.05, 4.69) is 54.3 Å². The largest absolute Gasteiger partial charge is 0.369 e. The molecule has 6 rings (SSSR count). The molecule has 204 valence electrons. The summed E-state index contributed by atoms with van der Waals surface area (Å²) in [4.78, 5) is 20.9. The van der Waals surface area contributed by atoms with Gasteiger partial charge in [0.2, 0.25) is 4.96 Å². The molecule has 2 aliphatic rings. The standard InChI is InChI=1S/C33H40N4OS/c1-4-8-32(38)24-10-13-29(14-11-24)36-16-7-6-9-28(36)15-12-25-17-23(5-2)18-26-19-27(20-30(25)26)31-21-37-33(34-31)39-22(3)35-37/h10-11,13-14,17-18,21,27-28H,4-9,12,15-16,19-20H2,1-3H3. The normalized spacial score (nSPS) is 19.1. The van der Waals surface area contributed by atoms with Gasteiger partial charge in [-0.3, -0.25) is 4.79 Å². The smallest absolute Gasteiger partial charge is 0.212 e. The molecule has 1 saturated heterocycles. The highest BCUT2D eigenvalue weighted by Gasteiger charge is 2.29. The molecular weight excluding hydrogens is 500 g/mol. The number of anilines is 1. The van der Waals surface area contributed by atoms with Gasteiger partial charge in [0, 0.05) is 36.2 Å². The zero-order valence-corrected chi connectivity index (χ0v) is 24.4. The van der Waals surface area contributed by atoms with Crippen molar-refractivity contribution in [2.24, 2.45) is 0 Å². The Balaban J connectivity index is 1.19. The maximum Gasteiger partial charge on any atom is 0.212 e. The number of aromatic nitrogens is 3. The molecule has 2 unspecified atom stereocenters. The summed E-state index contributed by atoms with van der Waals surface area (Å²) >= 11 is 1.67. The van der Waals surface area contributed by atoms with Crippen molar-refractivity contribution in [2.75, 3.05) is 11.4 Å². The van der Waals surface area contributed by atoms with Crippen molar-refractivity contribution >= 4 is 27.8 Å². The van der Waals surface area contributed by atoms with E-state index in [0.29, 0.717) is 18.4 Å². The molecule has 0 amide bonds. The summed E-state index contributed by atoms with van der Waals surface area (Å²) in [6, 6.07) is 13.9. The second-order valence-electron chi connectivity index (χ2n) is 11.5. The highest BCUT2D eigenvalue weighted by atomic mass is 32.1. The predicted molar refractivity (Wildman–Crippen MR) is 161 cm³/mol. The van der Waals surface area contributed by atoms with E-state index in [1.165, 1.54) is 48.2 Å². The monoisotopic (exact) mass is 540 g/mol. The van der Waals surface area contributed by atoms with Gasteiger partial charge >= 0.3 is 0 Å². The van der Waals surface area contributed by atoms with Gasteiger partial charge in [-0.15, -0.1) is 0 Å². The van der Waals surface area contributed by atoms with Crippen LogP contribution in [0.2, 0.25) is 0 Å². The Morgan fingerprint density at radius 3 is 2.72 bits per heavy atom. The molecule has 5 nitrogen and oxygen atoms in total. The molecule has 2 aromatic heterocycles. The third-order valence-electron chi connectivity index (χ3n) is 8.77. The summed E-state index contributed by atoms with van der Waals surface area (Å²) in [6.45, 7) is 7.48. The van der Waals surface area contributed by atoms with Crippen LogP contribution >= 0.6 is 11.3 Å². The van der Waals surface area contributed by atoms with Crippen LogP contribution in [0.25, 0.3) is 4.96 Å². The van der Waals surface area contributed by atoms with Gasteiger partial charge in [-0.05, 0) is 111 Å². The molecule has 6 heteroatoms. The quantitative estimate of drug-likeness (QED) is 0.206. The van der Waals surface area contributed by atoms with Crippen LogP contribution < -0.4 is 4.90 Å². The van der Waals surface area contributed by atoms with Crippen molar-refractivity contribution in [1.82, 2.24) is 14.6 Å². The van der Waals surface area contributed by atoms with Gasteiger partial charge in [0.1, 0.15) is 5.01 Å². The number of hydrogen-bond donors (Lipinski definition) is 0. The lowest BCUT2D eigenvalue weighted by Gasteiger charge is -2.38. The number of Topliss-reactive ketones (excluding diaryl/α,β-unsaturated/α-hetero) is 1. The van der Waals surface area contributed by atoms with Gasteiger partial charge in [-0.1, -0.05) is 37.3 Å². The molecule has 0 saturated carbocycles. The van der Waals surface area contributed by atoms with Crippen LogP contribution in [0.5, 0.6) is 0 Å². The fourth-order valence-corrected chi connectivity index (χ4v) is 7.45. The maximum absolute atomic E-state index is 12.3. The number of aryl methyl sites for hydroxylation is 3. The Morgan fingerprint density at radius 2 is 1.95 bits per heavy atom. The molecule has 4 aromatic rings. The molecule has 0 spiro atoms. The topological polar surface area (TPSA) is 50.5 Å². The number of hydrogen-bond acceptors (Lipinski definition) is 5. The van der Waals surface area contributed by atoms with Crippen molar-refractivity contribution in [3.05, 3.63) is 81.1 Å². The summed E-state index contributed by atoms with van der Waals surface area (Å²) in [5, 5.41) is 5.65. The van der Waals surface area contributed by atoms with E-state index >= 15 is 0 Å². The third-order valence-corrected chi connectivity index (χ3v) is 9.61. The van der Waals surface area contributed by atoms with Crippen molar-refractivity contribution in [3.8, 4) is 0 Å². The summed E-state index contributed by atoms with van der Waals surface area (Å²) in [6.07, 6.45) is 13.0. The van der Waals surface area contributed by atoms with E-state index in [9.17, 15) is 4.79 Å². The second-order valence-corrected chi connectivity index (χ2v) is 12.6. The fourth-order valence-electron chi connectivity index (χ4n) is 6.72.